The molecule has 7 nitrogen and oxygen atoms in total. The van der Waals surface area contributed by atoms with E-state index in [1.165, 1.54) is 4.57 Å². The first-order valence-electron chi connectivity index (χ1n) is 9.22. The number of aromatic nitrogens is 2. The van der Waals surface area contributed by atoms with Gasteiger partial charge in [0, 0.05) is 13.1 Å². The molecule has 0 saturated heterocycles. The van der Waals surface area contributed by atoms with Gasteiger partial charge in [0.1, 0.15) is 6.54 Å². The molecule has 3 aromatic rings. The van der Waals surface area contributed by atoms with E-state index >= 15 is 0 Å². The number of nitrogens with one attached hydrogen (secondary N) is 1. The van der Waals surface area contributed by atoms with Gasteiger partial charge in [0.15, 0.2) is 0 Å². The van der Waals surface area contributed by atoms with E-state index in [0.717, 1.165) is 11.1 Å². The number of benzene rings is 2. The normalized spacial score (nSPS) is 12.0. The Balaban J connectivity index is 1.70. The highest BCUT2D eigenvalue weighted by atomic mass is 16.4. The molecule has 28 heavy (non-hydrogen) atoms. The van der Waals surface area contributed by atoms with Gasteiger partial charge in [-0.1, -0.05) is 42.5 Å². The summed E-state index contributed by atoms with van der Waals surface area (Å²) in [6.45, 7) is 2.24. The van der Waals surface area contributed by atoms with E-state index in [1.807, 2.05) is 55.5 Å². The zero-order valence-corrected chi connectivity index (χ0v) is 15.7. The Morgan fingerprint density at radius 1 is 1.00 bits per heavy atom. The van der Waals surface area contributed by atoms with Crippen molar-refractivity contribution in [3.63, 3.8) is 0 Å². The van der Waals surface area contributed by atoms with Crippen LogP contribution in [0.3, 0.4) is 0 Å². The predicted octanol–water partition coefficient (Wildman–Crippen LogP) is 1.88. The molecule has 2 aromatic carbocycles. The maximum atomic E-state index is 12.6. The average molecular weight is 381 g/mol. The summed E-state index contributed by atoms with van der Waals surface area (Å²) in [5.74, 6) is -2.09. The third-order valence-corrected chi connectivity index (χ3v) is 4.76. The fourth-order valence-electron chi connectivity index (χ4n) is 3.31. The minimum Gasteiger partial charge on any atom is -0.481 e. The van der Waals surface area contributed by atoms with Gasteiger partial charge in [0.25, 0.3) is 0 Å². The van der Waals surface area contributed by atoms with E-state index in [2.05, 4.69) is 5.32 Å². The van der Waals surface area contributed by atoms with Gasteiger partial charge < -0.3 is 10.4 Å². The van der Waals surface area contributed by atoms with Crippen LogP contribution in [0.5, 0.6) is 0 Å². The number of carbonyl (C=O) groups excluding carboxylic acids is 1. The maximum Gasteiger partial charge on any atom is 0.329 e. The number of imidazole rings is 1. The molecule has 0 bridgehead atoms. The lowest BCUT2D eigenvalue weighted by molar-refractivity contribution is -0.141. The van der Waals surface area contributed by atoms with Crippen molar-refractivity contribution in [3.8, 4) is 0 Å². The van der Waals surface area contributed by atoms with Crippen LogP contribution in [0.1, 0.15) is 12.5 Å². The Bertz CT molecular complexity index is 1040. The minimum absolute atomic E-state index is 0.00420. The molecule has 1 heterocycles. The number of carboxylic acids is 1. The van der Waals surface area contributed by atoms with Crippen LogP contribution in [-0.2, 0) is 29.1 Å². The second-order valence-electron chi connectivity index (χ2n) is 6.63. The molecule has 0 aliphatic heterocycles. The van der Waals surface area contributed by atoms with Crippen LogP contribution in [0.4, 0.5) is 0 Å². The van der Waals surface area contributed by atoms with Gasteiger partial charge >= 0.3 is 11.7 Å². The molecule has 1 unspecified atom stereocenters. The number of hydrogen-bond acceptors (Lipinski definition) is 3. The number of aryl methyl sites for hydroxylation is 1. The standard InChI is InChI=1S/C21H23N3O4/c1-2-23-17-10-6-7-11-18(17)24(21(23)28)14-19(25)22-13-16(20(26)27)12-15-8-4-3-5-9-15/h3-11,16H,2,12-14H2,1H3,(H,22,25)(H,26,27). The fraction of sp³-hybridized carbons (Fsp3) is 0.286. The Morgan fingerprint density at radius 3 is 2.21 bits per heavy atom. The first-order valence-corrected chi connectivity index (χ1v) is 9.22. The minimum atomic E-state index is -0.969. The monoisotopic (exact) mass is 381 g/mol. The fourth-order valence-corrected chi connectivity index (χ4v) is 3.31. The topological polar surface area (TPSA) is 93.3 Å². The lowest BCUT2D eigenvalue weighted by atomic mass is 9.99. The lowest BCUT2D eigenvalue weighted by Crippen LogP contribution is -2.37. The summed E-state index contributed by atoms with van der Waals surface area (Å²) in [5, 5.41) is 12.1. The zero-order chi connectivity index (χ0) is 20.1. The molecule has 0 fully saturated rings. The summed E-state index contributed by atoms with van der Waals surface area (Å²) >= 11 is 0. The molecule has 0 spiro atoms. The van der Waals surface area contributed by atoms with Crippen molar-refractivity contribution in [1.29, 1.82) is 0 Å². The second-order valence-corrected chi connectivity index (χ2v) is 6.63. The maximum absolute atomic E-state index is 12.6. The number of hydrogen-bond donors (Lipinski definition) is 2. The van der Waals surface area contributed by atoms with Crippen LogP contribution in [0.25, 0.3) is 11.0 Å². The van der Waals surface area contributed by atoms with Crippen molar-refractivity contribution in [1.82, 2.24) is 14.5 Å². The summed E-state index contributed by atoms with van der Waals surface area (Å²) in [6.07, 6.45) is 0.325. The molecular weight excluding hydrogens is 358 g/mol. The molecule has 0 saturated carbocycles. The molecule has 0 aliphatic carbocycles. The molecule has 1 aromatic heterocycles. The summed E-state index contributed by atoms with van der Waals surface area (Å²) < 4.78 is 3.03. The number of rotatable bonds is 8. The van der Waals surface area contributed by atoms with Gasteiger partial charge in [-0.2, -0.15) is 0 Å². The van der Waals surface area contributed by atoms with Crippen LogP contribution in [0.2, 0.25) is 0 Å². The predicted molar refractivity (Wildman–Crippen MR) is 106 cm³/mol. The van der Waals surface area contributed by atoms with Crippen molar-refractivity contribution < 1.29 is 14.7 Å². The lowest BCUT2D eigenvalue weighted by Gasteiger charge is -2.14. The van der Waals surface area contributed by atoms with Crippen LogP contribution >= 0.6 is 0 Å². The highest BCUT2D eigenvalue weighted by molar-refractivity contribution is 5.81. The summed E-state index contributed by atoms with van der Waals surface area (Å²) in [7, 11) is 0. The van der Waals surface area contributed by atoms with Gasteiger partial charge in [-0.3, -0.25) is 18.7 Å². The summed E-state index contributed by atoms with van der Waals surface area (Å²) in [5.41, 5.74) is 2.10. The van der Waals surface area contributed by atoms with Crippen molar-refractivity contribution in [2.75, 3.05) is 6.54 Å². The highest BCUT2D eigenvalue weighted by Gasteiger charge is 2.20. The number of nitrogens with zero attached hydrogens (tertiary/aromatic N) is 2. The number of carbonyl (C=O) groups is 2. The summed E-state index contributed by atoms with van der Waals surface area (Å²) in [4.78, 5) is 36.5. The number of fused-ring (bicyclic) bond motifs is 1. The second kappa shape index (κ2) is 8.56. The van der Waals surface area contributed by atoms with E-state index in [4.69, 9.17) is 0 Å². The number of aliphatic carboxylic acids is 1. The SMILES string of the molecule is CCn1c(=O)n(CC(=O)NCC(Cc2ccccc2)C(=O)O)c2ccccc21. The van der Waals surface area contributed by atoms with E-state index in [0.29, 0.717) is 18.5 Å². The molecule has 0 radical (unpaired) electrons. The van der Waals surface area contributed by atoms with Gasteiger partial charge in [0.05, 0.1) is 17.0 Å². The van der Waals surface area contributed by atoms with E-state index in [9.17, 15) is 19.5 Å². The first kappa shape index (κ1) is 19.4. The smallest absolute Gasteiger partial charge is 0.329 e. The Hall–Kier alpha value is -3.35. The van der Waals surface area contributed by atoms with Crippen LogP contribution in [-0.4, -0.2) is 32.7 Å². The average Bonchev–Trinajstić information content (AvgIpc) is 2.96. The molecule has 2 N–H and O–H groups in total. The van der Waals surface area contributed by atoms with E-state index in [1.54, 1.807) is 10.6 Å². The molecule has 1 atom stereocenters. The quantitative estimate of drug-likeness (QED) is 0.623. The molecule has 146 valence electrons. The van der Waals surface area contributed by atoms with Crippen LogP contribution in [0.15, 0.2) is 59.4 Å². The summed E-state index contributed by atoms with van der Waals surface area (Å²) in [6, 6.07) is 16.6. The number of carboxylic acid groups (broad SMARTS) is 1. The molecule has 7 heteroatoms. The van der Waals surface area contributed by atoms with Crippen molar-refractivity contribution in [3.05, 3.63) is 70.6 Å². The third kappa shape index (κ3) is 4.14. The number of amides is 1. The molecule has 1 amide bonds. The molecule has 0 aliphatic rings. The van der Waals surface area contributed by atoms with Gasteiger partial charge in [-0.15, -0.1) is 0 Å². The highest BCUT2D eigenvalue weighted by Crippen LogP contribution is 2.13. The van der Waals surface area contributed by atoms with Crippen molar-refractivity contribution in [2.24, 2.45) is 5.92 Å². The Kier molecular flexibility index (Phi) is 5.93. The zero-order valence-electron chi connectivity index (χ0n) is 15.7. The van der Waals surface area contributed by atoms with Crippen molar-refractivity contribution >= 4 is 22.9 Å². The van der Waals surface area contributed by atoms with E-state index < -0.39 is 11.9 Å². The molecular formula is C21H23N3O4. The first-order chi connectivity index (χ1) is 13.5. The van der Waals surface area contributed by atoms with Gasteiger partial charge in [0.2, 0.25) is 5.91 Å². The van der Waals surface area contributed by atoms with E-state index in [-0.39, 0.29) is 24.7 Å². The molecule has 3 rings (SSSR count). The van der Waals surface area contributed by atoms with Gasteiger partial charge in [-0.25, -0.2) is 4.79 Å². The third-order valence-electron chi connectivity index (χ3n) is 4.76. The largest absolute Gasteiger partial charge is 0.481 e. The van der Waals surface area contributed by atoms with Crippen molar-refractivity contribution in [2.45, 2.75) is 26.4 Å². The Labute approximate surface area is 162 Å². The van der Waals surface area contributed by atoms with Crippen LogP contribution in [0, 0.1) is 5.92 Å². The Morgan fingerprint density at radius 2 is 1.61 bits per heavy atom. The van der Waals surface area contributed by atoms with Crippen LogP contribution < -0.4 is 11.0 Å². The van der Waals surface area contributed by atoms with Gasteiger partial charge in [-0.05, 0) is 31.0 Å². The number of para-hydroxylation sites is 2.